The Labute approximate surface area is 46.0 Å². The van der Waals surface area contributed by atoms with Crippen molar-refractivity contribution in [3.05, 3.63) is 0 Å². The van der Waals surface area contributed by atoms with E-state index in [1.807, 2.05) is 0 Å². The topological polar surface area (TPSA) is 17.1 Å². The van der Waals surface area contributed by atoms with Crippen LogP contribution in [0.2, 0.25) is 0 Å². The van der Waals surface area contributed by atoms with Gasteiger partial charge in [0.05, 0.1) is 0 Å². The zero-order valence-corrected chi connectivity index (χ0v) is 5.32. The fraction of sp³-hybridized carbons (Fsp3) is 0.667. The average molecular weight is 154 g/mol. The van der Waals surface area contributed by atoms with Gasteiger partial charge in [-0.15, -0.1) is 0 Å². The fourth-order valence-corrected chi connectivity index (χ4v) is 0. The second kappa shape index (κ2) is 4.36. The third kappa shape index (κ3) is 189. The van der Waals surface area contributed by atoms with Crippen molar-refractivity contribution in [2.45, 2.75) is 13.8 Å². The average Bonchev–Trinajstić information content (AvgIpc) is 0.811. The number of carbonyl (C=O) groups is 1. The largest absolute Gasteiger partial charge is 0.300 e. The summed E-state index contributed by atoms with van der Waals surface area (Å²) in [6.45, 7) is 3.06. The third-order valence-electron chi connectivity index (χ3n) is 0. The van der Waals surface area contributed by atoms with Crippen LogP contribution in [-0.4, -0.2) is 5.78 Å². The molecule has 0 unspecified atom stereocenters. The van der Waals surface area contributed by atoms with Gasteiger partial charge in [0.1, 0.15) is 5.78 Å². The molecule has 0 amide bonds. The van der Waals surface area contributed by atoms with Gasteiger partial charge >= 0.3 is 0 Å². The van der Waals surface area contributed by atoms with Gasteiger partial charge in [-0.2, -0.15) is 0 Å². The number of hydrogen-bond acceptors (Lipinski definition) is 1. The van der Waals surface area contributed by atoms with Gasteiger partial charge in [-0.05, 0) is 13.8 Å². The molecule has 5 heavy (non-hydrogen) atoms. The molecule has 30 valence electrons. The predicted octanol–water partition coefficient (Wildman–Crippen LogP) is 0.593. The molecule has 0 aliphatic heterocycles. The maximum Gasteiger partial charge on any atom is 0.126 e. The van der Waals surface area contributed by atoms with E-state index in [2.05, 4.69) is 0 Å². The van der Waals surface area contributed by atoms with Crippen LogP contribution in [0.1, 0.15) is 13.8 Å². The molecule has 0 saturated carbocycles. The van der Waals surface area contributed by atoms with Gasteiger partial charge in [0.2, 0.25) is 0 Å². The molecule has 0 aliphatic rings. The SMILES string of the molecule is CC(C)=O.[Mo]. The number of carbonyl (C=O) groups excluding carboxylic acids is 1. The molecule has 0 atom stereocenters. The van der Waals surface area contributed by atoms with Crippen molar-refractivity contribution in [2.75, 3.05) is 0 Å². The Bertz CT molecular complexity index is 29.9. The third-order valence-corrected chi connectivity index (χ3v) is 0. The maximum atomic E-state index is 9.44. The summed E-state index contributed by atoms with van der Waals surface area (Å²) >= 11 is 0. The van der Waals surface area contributed by atoms with Crippen molar-refractivity contribution in [2.24, 2.45) is 0 Å². The van der Waals surface area contributed by atoms with Crippen molar-refractivity contribution in [1.29, 1.82) is 0 Å². The van der Waals surface area contributed by atoms with Crippen LogP contribution in [0.15, 0.2) is 0 Å². The Hall–Kier alpha value is 0.358. The Kier molecular flexibility index (Phi) is 7.87. The minimum Gasteiger partial charge on any atom is -0.300 e. The maximum absolute atomic E-state index is 9.44. The molecule has 0 aromatic carbocycles. The van der Waals surface area contributed by atoms with Crippen LogP contribution in [-0.2, 0) is 25.9 Å². The number of Topliss-reactive ketones (excluding diaryl/α,β-unsaturated/α-hetero) is 1. The summed E-state index contributed by atoms with van der Waals surface area (Å²) in [5.41, 5.74) is 0. The fourth-order valence-electron chi connectivity index (χ4n) is 0. The van der Waals surface area contributed by atoms with E-state index >= 15 is 0 Å². The van der Waals surface area contributed by atoms with Gasteiger partial charge in [0, 0.05) is 21.1 Å². The standard InChI is InChI=1S/C3H6O.Mo/c1-3(2)4;/h1-2H3;. The van der Waals surface area contributed by atoms with Gasteiger partial charge in [0.25, 0.3) is 0 Å². The van der Waals surface area contributed by atoms with Gasteiger partial charge in [-0.3, -0.25) is 0 Å². The molecule has 0 aliphatic carbocycles. The molecule has 0 saturated heterocycles. The molecule has 0 aromatic rings. The number of hydrogen-bond donors (Lipinski definition) is 0. The first-order valence-corrected chi connectivity index (χ1v) is 1.20. The van der Waals surface area contributed by atoms with Gasteiger partial charge in [0.15, 0.2) is 0 Å². The van der Waals surface area contributed by atoms with Crippen molar-refractivity contribution in [1.82, 2.24) is 0 Å². The minimum absolute atomic E-state index is 0. The van der Waals surface area contributed by atoms with E-state index in [0.29, 0.717) is 0 Å². The predicted molar refractivity (Wildman–Crippen MR) is 16.4 cm³/mol. The van der Waals surface area contributed by atoms with E-state index in [1.165, 1.54) is 13.8 Å². The Morgan fingerprint density at radius 2 is 1.40 bits per heavy atom. The Morgan fingerprint density at radius 1 is 1.40 bits per heavy atom. The van der Waals surface area contributed by atoms with Gasteiger partial charge in [-0.25, -0.2) is 0 Å². The summed E-state index contributed by atoms with van der Waals surface area (Å²) in [5.74, 6) is 0.167. The summed E-state index contributed by atoms with van der Waals surface area (Å²) in [7, 11) is 0. The van der Waals surface area contributed by atoms with E-state index in [1.54, 1.807) is 0 Å². The Balaban J connectivity index is 0. The van der Waals surface area contributed by atoms with Crippen LogP contribution >= 0.6 is 0 Å². The summed E-state index contributed by atoms with van der Waals surface area (Å²) in [6, 6.07) is 0. The second-order valence-corrected chi connectivity index (χ2v) is 0.908. The zero-order valence-electron chi connectivity index (χ0n) is 3.32. The molecule has 0 spiro atoms. The van der Waals surface area contributed by atoms with E-state index in [9.17, 15) is 4.79 Å². The van der Waals surface area contributed by atoms with E-state index in [0.717, 1.165) is 0 Å². The van der Waals surface area contributed by atoms with Crippen LogP contribution < -0.4 is 0 Å². The summed E-state index contributed by atoms with van der Waals surface area (Å²) in [6.07, 6.45) is 0. The normalized spacial score (nSPS) is 5.20. The molecule has 0 fully saturated rings. The summed E-state index contributed by atoms with van der Waals surface area (Å²) in [5, 5.41) is 0. The van der Waals surface area contributed by atoms with Crippen molar-refractivity contribution < 1.29 is 25.9 Å². The zero-order chi connectivity index (χ0) is 3.58. The van der Waals surface area contributed by atoms with Crippen molar-refractivity contribution in [3.63, 3.8) is 0 Å². The quantitative estimate of drug-likeness (QED) is 0.466. The van der Waals surface area contributed by atoms with Crippen LogP contribution in [0.3, 0.4) is 0 Å². The molecule has 2 heteroatoms. The first kappa shape index (κ1) is 9.02. The van der Waals surface area contributed by atoms with Crippen LogP contribution in [0, 0.1) is 0 Å². The van der Waals surface area contributed by atoms with Crippen molar-refractivity contribution in [3.8, 4) is 0 Å². The van der Waals surface area contributed by atoms with E-state index < -0.39 is 0 Å². The van der Waals surface area contributed by atoms with E-state index in [-0.39, 0.29) is 26.8 Å². The molecule has 0 heterocycles. The number of rotatable bonds is 0. The molecular weight excluding hydrogens is 148 g/mol. The smallest absolute Gasteiger partial charge is 0.126 e. The van der Waals surface area contributed by atoms with Gasteiger partial charge < -0.3 is 4.79 Å². The first-order valence-electron chi connectivity index (χ1n) is 1.20. The molecule has 0 aromatic heterocycles. The van der Waals surface area contributed by atoms with Crippen LogP contribution in [0.25, 0.3) is 0 Å². The summed E-state index contributed by atoms with van der Waals surface area (Å²) in [4.78, 5) is 9.44. The van der Waals surface area contributed by atoms with Crippen molar-refractivity contribution >= 4 is 5.78 Å². The summed E-state index contributed by atoms with van der Waals surface area (Å²) < 4.78 is 0. The number of ketones is 1. The molecule has 0 rings (SSSR count). The van der Waals surface area contributed by atoms with E-state index in [4.69, 9.17) is 0 Å². The first-order chi connectivity index (χ1) is 1.73. The van der Waals surface area contributed by atoms with Gasteiger partial charge in [-0.1, -0.05) is 0 Å². The van der Waals surface area contributed by atoms with Crippen LogP contribution in [0.4, 0.5) is 0 Å². The minimum atomic E-state index is 0. The molecule has 0 N–H and O–H groups in total. The van der Waals surface area contributed by atoms with Crippen LogP contribution in [0.5, 0.6) is 0 Å². The Morgan fingerprint density at radius 3 is 1.40 bits per heavy atom. The molecule has 0 bridgehead atoms. The second-order valence-electron chi connectivity index (χ2n) is 0.908. The molecule has 1 nitrogen and oxygen atoms in total. The monoisotopic (exact) mass is 156 g/mol. The molecular formula is C3H6MoO. The molecule has 0 radical (unpaired) electrons.